The van der Waals surface area contributed by atoms with Gasteiger partial charge in [-0.3, -0.25) is 4.74 Å². The van der Waals surface area contributed by atoms with E-state index in [2.05, 4.69) is 4.74 Å². The Kier molecular flexibility index (Phi) is 5.76. The average molecular weight is 398 g/mol. The highest BCUT2D eigenvalue weighted by molar-refractivity contribution is 5.08. The third kappa shape index (κ3) is 3.21. The van der Waals surface area contributed by atoms with E-state index in [0.717, 1.165) is 0 Å². The minimum atomic E-state index is -8.07. The SMILES string of the molecule is OC(CF)OC(F)(F)C(F)(F)C(F)(F)C(F)(F)C(F)(F)C(F)(F)F. The molecule has 0 rings (SSSR count). The quantitative estimate of drug-likeness (QED) is 0.520. The fourth-order valence-corrected chi connectivity index (χ4v) is 1.03. The van der Waals surface area contributed by atoms with Crippen LogP contribution in [0.4, 0.5) is 61.5 Å². The Hall–Kier alpha value is -1.06. The number of hydrogen-bond donors (Lipinski definition) is 1. The predicted molar refractivity (Wildman–Crippen MR) is 43.9 cm³/mol. The minimum Gasteiger partial charge on any atom is -0.366 e. The van der Waals surface area contributed by atoms with Gasteiger partial charge in [-0.1, -0.05) is 0 Å². The molecule has 0 aromatic heterocycles. The van der Waals surface area contributed by atoms with Crippen LogP contribution in [0.25, 0.3) is 0 Å². The summed E-state index contributed by atoms with van der Waals surface area (Å²) in [6.45, 7) is -2.47. The summed E-state index contributed by atoms with van der Waals surface area (Å²) < 4.78 is 176. The number of alkyl halides is 14. The molecule has 0 aliphatic carbocycles. The first-order valence-corrected chi connectivity index (χ1v) is 5.08. The monoisotopic (exact) mass is 398 g/mol. The molecule has 0 aromatic rings. The Morgan fingerprint density at radius 1 is 0.625 bits per heavy atom. The van der Waals surface area contributed by atoms with E-state index in [1.54, 1.807) is 0 Å². The molecule has 0 radical (unpaired) electrons. The molecule has 0 spiro atoms. The maximum absolute atomic E-state index is 12.9. The zero-order valence-electron chi connectivity index (χ0n) is 10.4. The van der Waals surface area contributed by atoms with Crippen molar-refractivity contribution in [1.82, 2.24) is 0 Å². The highest BCUT2D eigenvalue weighted by atomic mass is 19.4. The lowest BCUT2D eigenvalue weighted by Gasteiger charge is -2.39. The van der Waals surface area contributed by atoms with E-state index in [0.29, 0.717) is 0 Å². The maximum atomic E-state index is 12.9. The molecule has 0 saturated heterocycles. The molecule has 1 atom stereocenters. The van der Waals surface area contributed by atoms with Crippen LogP contribution in [0.3, 0.4) is 0 Å². The first kappa shape index (κ1) is 22.9. The van der Waals surface area contributed by atoms with Crippen LogP contribution in [0.5, 0.6) is 0 Å². The van der Waals surface area contributed by atoms with Gasteiger partial charge in [0.15, 0.2) is 6.29 Å². The van der Waals surface area contributed by atoms with Gasteiger partial charge in [0, 0.05) is 0 Å². The van der Waals surface area contributed by atoms with Gasteiger partial charge in [0.2, 0.25) is 0 Å². The van der Waals surface area contributed by atoms with Crippen molar-refractivity contribution < 1.29 is 71.3 Å². The Morgan fingerprint density at radius 2 is 0.958 bits per heavy atom. The summed E-state index contributed by atoms with van der Waals surface area (Å²) in [4.78, 5) is 0. The van der Waals surface area contributed by atoms with Crippen LogP contribution in [0.2, 0.25) is 0 Å². The van der Waals surface area contributed by atoms with Crippen LogP contribution in [-0.2, 0) is 4.74 Å². The summed E-state index contributed by atoms with van der Waals surface area (Å²) in [6.07, 6.45) is -18.1. The first-order valence-electron chi connectivity index (χ1n) is 5.08. The van der Waals surface area contributed by atoms with Crippen molar-refractivity contribution in [3.05, 3.63) is 0 Å². The second-order valence-corrected chi connectivity index (χ2v) is 4.04. The minimum absolute atomic E-state index is 2.29. The number of hydrogen-bond acceptors (Lipinski definition) is 2. The Morgan fingerprint density at radius 3 is 1.25 bits per heavy atom. The van der Waals surface area contributed by atoms with Crippen LogP contribution in [0, 0.1) is 0 Å². The molecular formula is C8H4F14O2. The number of ether oxygens (including phenoxy) is 1. The van der Waals surface area contributed by atoms with Gasteiger partial charge in [-0.15, -0.1) is 0 Å². The molecule has 0 aliphatic heterocycles. The van der Waals surface area contributed by atoms with Crippen molar-refractivity contribution in [2.45, 2.75) is 42.3 Å². The molecule has 0 heterocycles. The molecular weight excluding hydrogens is 394 g/mol. The van der Waals surface area contributed by atoms with Crippen molar-refractivity contribution in [3.63, 3.8) is 0 Å². The Labute approximate surface area is 122 Å². The molecule has 0 saturated carbocycles. The third-order valence-electron chi connectivity index (χ3n) is 2.32. The fraction of sp³-hybridized carbons (Fsp3) is 1.00. The van der Waals surface area contributed by atoms with Gasteiger partial charge in [0.1, 0.15) is 6.67 Å². The summed E-state index contributed by atoms with van der Waals surface area (Å²) >= 11 is 0. The van der Waals surface area contributed by atoms with E-state index in [-0.39, 0.29) is 0 Å². The summed E-state index contributed by atoms with van der Waals surface area (Å²) in [5.41, 5.74) is 0. The highest BCUT2D eigenvalue weighted by Gasteiger charge is 2.91. The van der Waals surface area contributed by atoms with Crippen LogP contribution in [0.15, 0.2) is 0 Å². The first-order chi connectivity index (χ1) is 10.2. The molecule has 0 aromatic carbocycles. The van der Waals surface area contributed by atoms with E-state index < -0.39 is 48.9 Å². The number of rotatable bonds is 7. The standard InChI is InChI=1S/C8H4F14O2/c9-1-2(23)24-8(21,22)6(16,17)4(12,13)3(10,11)5(14,15)7(18,19)20/h2,23H,1H2. The average Bonchev–Trinajstić information content (AvgIpc) is 2.35. The molecule has 146 valence electrons. The van der Waals surface area contributed by atoms with Crippen molar-refractivity contribution in [2.24, 2.45) is 0 Å². The molecule has 2 nitrogen and oxygen atoms in total. The smallest absolute Gasteiger partial charge is 0.366 e. The van der Waals surface area contributed by atoms with Gasteiger partial charge >= 0.3 is 36.0 Å². The molecule has 0 bridgehead atoms. The van der Waals surface area contributed by atoms with Crippen LogP contribution < -0.4 is 0 Å². The predicted octanol–water partition coefficient (Wildman–Crippen LogP) is 3.99. The van der Waals surface area contributed by atoms with Crippen molar-refractivity contribution in [3.8, 4) is 0 Å². The lowest BCUT2D eigenvalue weighted by atomic mass is 9.97. The molecule has 0 fully saturated rings. The molecule has 16 heteroatoms. The van der Waals surface area contributed by atoms with E-state index in [9.17, 15) is 61.5 Å². The molecule has 1 N–H and O–H groups in total. The van der Waals surface area contributed by atoms with E-state index >= 15 is 0 Å². The summed E-state index contributed by atoms with van der Waals surface area (Å²) in [5, 5.41) is 8.14. The molecule has 0 aliphatic rings. The van der Waals surface area contributed by atoms with Crippen molar-refractivity contribution in [1.29, 1.82) is 0 Å². The summed E-state index contributed by atoms with van der Waals surface area (Å²) in [7, 11) is 0. The number of aliphatic hydroxyl groups is 1. The maximum Gasteiger partial charge on any atom is 0.460 e. The number of halogens is 14. The largest absolute Gasteiger partial charge is 0.460 e. The van der Waals surface area contributed by atoms with Gasteiger partial charge < -0.3 is 5.11 Å². The zero-order valence-corrected chi connectivity index (χ0v) is 10.4. The number of aliphatic hydroxyl groups excluding tert-OH is 1. The van der Waals surface area contributed by atoms with E-state index in [4.69, 9.17) is 5.11 Å². The van der Waals surface area contributed by atoms with Gasteiger partial charge in [0.05, 0.1) is 0 Å². The third-order valence-corrected chi connectivity index (χ3v) is 2.32. The van der Waals surface area contributed by atoms with Crippen LogP contribution in [0.1, 0.15) is 0 Å². The zero-order chi connectivity index (χ0) is 20.0. The van der Waals surface area contributed by atoms with Crippen LogP contribution in [-0.4, -0.2) is 54.0 Å². The van der Waals surface area contributed by atoms with E-state index in [1.807, 2.05) is 0 Å². The molecule has 1 unspecified atom stereocenters. The second-order valence-electron chi connectivity index (χ2n) is 4.04. The van der Waals surface area contributed by atoms with Crippen molar-refractivity contribution in [2.75, 3.05) is 6.67 Å². The summed E-state index contributed by atoms with van der Waals surface area (Å²) in [6, 6.07) is 0. The second kappa shape index (κ2) is 6.03. The van der Waals surface area contributed by atoms with Gasteiger partial charge in [0.25, 0.3) is 0 Å². The van der Waals surface area contributed by atoms with Crippen molar-refractivity contribution >= 4 is 0 Å². The molecule has 24 heavy (non-hydrogen) atoms. The Bertz CT molecular complexity index is 441. The Balaban J connectivity index is 6.11. The summed E-state index contributed by atoms with van der Waals surface area (Å²) in [5.74, 6) is -31.7. The van der Waals surface area contributed by atoms with Gasteiger partial charge in [-0.2, -0.15) is 57.1 Å². The highest BCUT2D eigenvalue weighted by Crippen LogP contribution is 2.60. The van der Waals surface area contributed by atoms with Gasteiger partial charge in [-0.05, 0) is 0 Å². The van der Waals surface area contributed by atoms with E-state index in [1.165, 1.54) is 0 Å². The fourth-order valence-electron chi connectivity index (χ4n) is 1.03. The molecule has 0 amide bonds. The normalized spacial score (nSPS) is 17.1. The van der Waals surface area contributed by atoms with Gasteiger partial charge in [-0.25, -0.2) is 4.39 Å². The lowest BCUT2D eigenvalue weighted by Crippen LogP contribution is -2.70. The topological polar surface area (TPSA) is 29.5 Å². The lowest BCUT2D eigenvalue weighted by molar-refractivity contribution is -0.476. The van der Waals surface area contributed by atoms with Crippen LogP contribution >= 0.6 is 0 Å².